The SMILES string of the molecule is O=C(CC1CSc2nccc(=O)n21)NCCn1cnccc1=O. The maximum absolute atomic E-state index is 12.0. The summed E-state index contributed by atoms with van der Waals surface area (Å²) in [6, 6.07) is 2.58. The molecule has 0 aliphatic carbocycles. The van der Waals surface area contributed by atoms with Crippen LogP contribution in [0.4, 0.5) is 0 Å². The first kappa shape index (κ1) is 15.5. The molecule has 1 amide bonds. The average Bonchev–Trinajstić information content (AvgIpc) is 2.93. The van der Waals surface area contributed by atoms with Gasteiger partial charge in [-0.05, 0) is 0 Å². The minimum Gasteiger partial charge on any atom is -0.354 e. The molecule has 1 unspecified atom stereocenters. The smallest absolute Gasteiger partial charge is 0.254 e. The summed E-state index contributed by atoms with van der Waals surface area (Å²) in [5.74, 6) is 0.498. The first-order chi connectivity index (χ1) is 11.1. The molecular formula is C14H15N5O3S. The number of thioether (sulfide) groups is 1. The molecule has 1 N–H and O–H groups in total. The Morgan fingerprint density at radius 1 is 1.30 bits per heavy atom. The van der Waals surface area contributed by atoms with Crippen molar-refractivity contribution in [3.05, 3.63) is 51.6 Å². The van der Waals surface area contributed by atoms with E-state index in [0.29, 0.717) is 24.0 Å². The number of rotatable bonds is 5. The van der Waals surface area contributed by atoms with Crippen LogP contribution in [0.15, 0.2) is 45.6 Å². The highest BCUT2D eigenvalue weighted by atomic mass is 32.2. The van der Waals surface area contributed by atoms with Crippen molar-refractivity contribution >= 4 is 17.7 Å². The minimum atomic E-state index is -0.183. The number of fused-ring (bicyclic) bond motifs is 1. The van der Waals surface area contributed by atoms with E-state index >= 15 is 0 Å². The lowest BCUT2D eigenvalue weighted by Crippen LogP contribution is -2.33. The molecule has 8 nitrogen and oxygen atoms in total. The van der Waals surface area contributed by atoms with E-state index in [0.717, 1.165) is 0 Å². The Morgan fingerprint density at radius 2 is 2.13 bits per heavy atom. The molecule has 1 atom stereocenters. The quantitative estimate of drug-likeness (QED) is 0.751. The van der Waals surface area contributed by atoms with Crippen molar-refractivity contribution in [2.75, 3.05) is 12.3 Å². The van der Waals surface area contributed by atoms with Gasteiger partial charge in [0.25, 0.3) is 11.1 Å². The van der Waals surface area contributed by atoms with E-state index in [4.69, 9.17) is 0 Å². The first-order valence-electron chi connectivity index (χ1n) is 7.12. The van der Waals surface area contributed by atoms with Gasteiger partial charge in [-0.15, -0.1) is 0 Å². The van der Waals surface area contributed by atoms with Crippen molar-refractivity contribution in [3.63, 3.8) is 0 Å². The number of nitrogens with one attached hydrogen (secondary N) is 1. The van der Waals surface area contributed by atoms with Gasteiger partial charge < -0.3 is 5.32 Å². The van der Waals surface area contributed by atoms with Crippen molar-refractivity contribution in [3.8, 4) is 0 Å². The number of hydrogen-bond acceptors (Lipinski definition) is 6. The molecule has 2 aromatic heterocycles. The van der Waals surface area contributed by atoms with Crippen LogP contribution in [0.1, 0.15) is 12.5 Å². The van der Waals surface area contributed by atoms with Gasteiger partial charge in [-0.1, -0.05) is 11.8 Å². The Bertz CT molecular complexity index is 831. The summed E-state index contributed by atoms with van der Waals surface area (Å²) in [4.78, 5) is 43.4. The molecule has 2 aromatic rings. The second-order valence-corrected chi connectivity index (χ2v) is 6.05. The van der Waals surface area contributed by atoms with Gasteiger partial charge in [0.2, 0.25) is 5.91 Å². The van der Waals surface area contributed by atoms with Gasteiger partial charge in [0, 0.05) is 49.8 Å². The number of amides is 1. The summed E-state index contributed by atoms with van der Waals surface area (Å²) >= 11 is 1.47. The van der Waals surface area contributed by atoms with Crippen LogP contribution in [-0.4, -0.2) is 37.3 Å². The zero-order valence-electron chi connectivity index (χ0n) is 12.2. The second kappa shape index (κ2) is 6.78. The van der Waals surface area contributed by atoms with Crippen LogP contribution in [0.5, 0.6) is 0 Å². The van der Waals surface area contributed by atoms with Crippen LogP contribution in [0, 0.1) is 0 Å². The van der Waals surface area contributed by atoms with Crippen molar-refractivity contribution < 1.29 is 4.79 Å². The largest absolute Gasteiger partial charge is 0.354 e. The standard InChI is InChI=1S/C14H15N5O3S/c20-11(16-5-6-18-9-15-3-1-12(18)21)7-10-8-23-14-17-4-2-13(22)19(10)14/h1-4,9-10H,5-8H2,(H,16,20). The van der Waals surface area contributed by atoms with Gasteiger partial charge >= 0.3 is 0 Å². The minimum absolute atomic E-state index is 0.139. The van der Waals surface area contributed by atoms with Gasteiger partial charge in [0.1, 0.15) is 0 Å². The number of carbonyl (C=O) groups excluding carboxylic acids is 1. The van der Waals surface area contributed by atoms with Crippen molar-refractivity contribution in [1.82, 2.24) is 24.4 Å². The zero-order valence-corrected chi connectivity index (χ0v) is 13.0. The van der Waals surface area contributed by atoms with E-state index < -0.39 is 0 Å². The molecule has 120 valence electrons. The Kier molecular flexibility index (Phi) is 4.56. The van der Waals surface area contributed by atoms with Crippen LogP contribution < -0.4 is 16.4 Å². The maximum atomic E-state index is 12.0. The van der Waals surface area contributed by atoms with E-state index in [1.54, 1.807) is 4.57 Å². The summed E-state index contributed by atoms with van der Waals surface area (Å²) in [7, 11) is 0. The molecule has 0 radical (unpaired) electrons. The lowest BCUT2D eigenvalue weighted by atomic mass is 10.2. The third-order valence-corrected chi connectivity index (χ3v) is 4.62. The Morgan fingerprint density at radius 3 is 2.96 bits per heavy atom. The molecular weight excluding hydrogens is 318 g/mol. The van der Waals surface area contributed by atoms with Gasteiger partial charge in [0.05, 0.1) is 12.4 Å². The summed E-state index contributed by atoms with van der Waals surface area (Å²) in [6.07, 6.45) is 4.56. The van der Waals surface area contributed by atoms with Crippen LogP contribution >= 0.6 is 11.8 Å². The Balaban J connectivity index is 1.55. The van der Waals surface area contributed by atoms with Crippen LogP contribution in [0.25, 0.3) is 0 Å². The summed E-state index contributed by atoms with van der Waals surface area (Å²) in [5, 5.41) is 3.41. The summed E-state index contributed by atoms with van der Waals surface area (Å²) in [6.45, 7) is 0.689. The molecule has 0 spiro atoms. The molecule has 0 aromatic carbocycles. The fraction of sp³-hybridized carbons (Fsp3) is 0.357. The van der Waals surface area contributed by atoms with Gasteiger partial charge in [0.15, 0.2) is 5.16 Å². The van der Waals surface area contributed by atoms with Crippen LogP contribution in [0.2, 0.25) is 0 Å². The Hall–Kier alpha value is -2.42. The fourth-order valence-electron chi connectivity index (χ4n) is 2.39. The summed E-state index contributed by atoms with van der Waals surface area (Å²) < 4.78 is 2.99. The predicted molar refractivity (Wildman–Crippen MR) is 84.4 cm³/mol. The highest BCUT2D eigenvalue weighted by Gasteiger charge is 2.26. The number of nitrogens with zero attached hydrogens (tertiary/aromatic N) is 4. The molecule has 1 aliphatic rings. The molecule has 3 rings (SSSR count). The lowest BCUT2D eigenvalue weighted by molar-refractivity contribution is -0.121. The van der Waals surface area contributed by atoms with Crippen LogP contribution in [-0.2, 0) is 11.3 Å². The molecule has 3 heterocycles. The van der Waals surface area contributed by atoms with Crippen molar-refractivity contribution in [1.29, 1.82) is 0 Å². The first-order valence-corrected chi connectivity index (χ1v) is 8.11. The number of hydrogen-bond donors (Lipinski definition) is 1. The molecule has 0 fully saturated rings. The van der Waals surface area contributed by atoms with E-state index in [1.807, 2.05) is 0 Å². The Labute approximate surface area is 135 Å². The maximum Gasteiger partial charge on any atom is 0.254 e. The van der Waals surface area contributed by atoms with Gasteiger partial charge in [-0.2, -0.15) is 0 Å². The van der Waals surface area contributed by atoms with E-state index in [2.05, 4.69) is 15.3 Å². The molecule has 0 bridgehead atoms. The predicted octanol–water partition coefficient (Wildman–Crippen LogP) is -0.347. The zero-order chi connectivity index (χ0) is 16.2. The molecule has 0 saturated carbocycles. The lowest BCUT2D eigenvalue weighted by Gasteiger charge is -2.13. The number of aromatic nitrogens is 4. The van der Waals surface area contributed by atoms with Gasteiger partial charge in [-0.3, -0.25) is 23.5 Å². The molecule has 23 heavy (non-hydrogen) atoms. The van der Waals surface area contributed by atoms with E-state index in [1.165, 1.54) is 47.2 Å². The second-order valence-electron chi connectivity index (χ2n) is 5.07. The van der Waals surface area contributed by atoms with Crippen molar-refractivity contribution in [2.24, 2.45) is 0 Å². The normalized spacial score (nSPS) is 16.1. The fourth-order valence-corrected chi connectivity index (χ4v) is 3.51. The molecule has 9 heteroatoms. The third-order valence-electron chi connectivity index (χ3n) is 3.50. The third kappa shape index (κ3) is 3.50. The monoisotopic (exact) mass is 333 g/mol. The average molecular weight is 333 g/mol. The summed E-state index contributed by atoms with van der Waals surface area (Å²) in [5.41, 5.74) is -0.298. The highest BCUT2D eigenvalue weighted by molar-refractivity contribution is 7.99. The highest BCUT2D eigenvalue weighted by Crippen LogP contribution is 2.31. The van der Waals surface area contributed by atoms with Gasteiger partial charge in [-0.25, -0.2) is 9.97 Å². The molecule has 0 saturated heterocycles. The van der Waals surface area contributed by atoms with E-state index in [9.17, 15) is 14.4 Å². The van der Waals surface area contributed by atoms with Crippen molar-refractivity contribution in [2.45, 2.75) is 24.2 Å². The molecule has 1 aliphatic heterocycles. The van der Waals surface area contributed by atoms with E-state index in [-0.39, 0.29) is 29.5 Å². The number of carbonyl (C=O) groups is 1. The topological polar surface area (TPSA) is 98.9 Å². The van der Waals surface area contributed by atoms with Crippen LogP contribution in [0.3, 0.4) is 0 Å².